The van der Waals surface area contributed by atoms with Gasteiger partial charge in [-0.1, -0.05) is 28.9 Å². The highest BCUT2D eigenvalue weighted by atomic mass is 35.5. The van der Waals surface area contributed by atoms with E-state index in [-0.39, 0.29) is 11.8 Å². The molecule has 0 bridgehead atoms. The van der Waals surface area contributed by atoms with Crippen LogP contribution in [0.4, 0.5) is 0 Å². The fourth-order valence-electron chi connectivity index (χ4n) is 3.21. The van der Waals surface area contributed by atoms with Crippen LogP contribution in [-0.4, -0.2) is 59.6 Å². The molecule has 0 unspecified atom stereocenters. The summed E-state index contributed by atoms with van der Waals surface area (Å²) in [4.78, 5) is 33.8. The number of oxime groups is 1. The largest absolute Gasteiger partial charge is 0.459 e. The minimum Gasteiger partial charge on any atom is -0.459 e. The van der Waals surface area contributed by atoms with Crippen LogP contribution in [0.3, 0.4) is 0 Å². The first-order valence-corrected chi connectivity index (χ1v) is 9.10. The van der Waals surface area contributed by atoms with Gasteiger partial charge in [-0.25, -0.2) is 0 Å². The Hall–Kier alpha value is -2.80. The first-order valence-electron chi connectivity index (χ1n) is 8.72. The van der Waals surface area contributed by atoms with Crippen LogP contribution in [-0.2, 0) is 9.63 Å². The molecule has 3 heterocycles. The van der Waals surface area contributed by atoms with E-state index in [0.29, 0.717) is 43.4 Å². The Morgan fingerprint density at radius 1 is 1.04 bits per heavy atom. The Morgan fingerprint density at radius 2 is 1.74 bits per heavy atom. The van der Waals surface area contributed by atoms with Crippen LogP contribution < -0.4 is 0 Å². The molecule has 1 fully saturated rings. The Morgan fingerprint density at radius 3 is 2.41 bits per heavy atom. The van der Waals surface area contributed by atoms with E-state index in [1.165, 1.54) is 6.26 Å². The summed E-state index contributed by atoms with van der Waals surface area (Å²) < 4.78 is 5.15. The first kappa shape index (κ1) is 17.6. The molecule has 0 radical (unpaired) electrons. The van der Waals surface area contributed by atoms with Crippen LogP contribution in [0.1, 0.15) is 22.5 Å². The van der Waals surface area contributed by atoms with Crippen molar-refractivity contribution in [2.45, 2.75) is 12.5 Å². The molecule has 27 heavy (non-hydrogen) atoms. The summed E-state index contributed by atoms with van der Waals surface area (Å²) >= 11 is 5.90. The maximum absolute atomic E-state index is 12.7. The number of hydrogen-bond donors (Lipinski definition) is 0. The maximum atomic E-state index is 12.7. The van der Waals surface area contributed by atoms with Crippen molar-refractivity contribution in [1.82, 2.24) is 9.80 Å². The molecule has 0 spiro atoms. The number of hydrogen-bond acceptors (Lipinski definition) is 5. The van der Waals surface area contributed by atoms with Gasteiger partial charge in [0.05, 0.1) is 12.0 Å². The molecule has 1 atom stereocenters. The minimum atomic E-state index is -0.622. The number of amides is 2. The number of benzene rings is 1. The first-order chi connectivity index (χ1) is 13.1. The van der Waals surface area contributed by atoms with E-state index in [1.54, 1.807) is 34.1 Å². The van der Waals surface area contributed by atoms with Crippen molar-refractivity contribution < 1.29 is 18.8 Å². The van der Waals surface area contributed by atoms with Crippen LogP contribution >= 0.6 is 11.6 Å². The average Bonchev–Trinajstić information content (AvgIpc) is 3.40. The van der Waals surface area contributed by atoms with Crippen LogP contribution in [0.2, 0.25) is 5.02 Å². The van der Waals surface area contributed by atoms with Gasteiger partial charge in [-0.2, -0.15) is 0 Å². The van der Waals surface area contributed by atoms with Gasteiger partial charge in [-0.05, 0) is 29.8 Å². The summed E-state index contributed by atoms with van der Waals surface area (Å²) in [5, 5.41) is 4.71. The van der Waals surface area contributed by atoms with Crippen molar-refractivity contribution in [2.75, 3.05) is 26.2 Å². The molecule has 2 amide bonds. The van der Waals surface area contributed by atoms with Crippen molar-refractivity contribution in [3.05, 3.63) is 59.0 Å². The Labute approximate surface area is 161 Å². The number of nitrogens with zero attached hydrogens (tertiary/aromatic N) is 3. The summed E-state index contributed by atoms with van der Waals surface area (Å²) in [6, 6.07) is 10.6. The molecule has 2 aliphatic heterocycles. The topological polar surface area (TPSA) is 75.4 Å². The minimum absolute atomic E-state index is 0.104. The van der Waals surface area contributed by atoms with Gasteiger partial charge in [0.2, 0.25) is 6.10 Å². The lowest BCUT2D eigenvalue weighted by molar-refractivity contribution is -0.143. The van der Waals surface area contributed by atoms with E-state index in [4.69, 9.17) is 20.9 Å². The smallest absolute Gasteiger partial charge is 0.289 e. The third-order valence-electron chi connectivity index (χ3n) is 4.73. The quantitative estimate of drug-likeness (QED) is 0.810. The van der Waals surface area contributed by atoms with Gasteiger partial charge in [-0.15, -0.1) is 0 Å². The Balaban J connectivity index is 1.31. The lowest BCUT2D eigenvalue weighted by atomic mass is 10.0. The molecule has 0 N–H and O–H groups in total. The molecule has 0 aliphatic carbocycles. The predicted octanol–water partition coefficient (Wildman–Crippen LogP) is 2.41. The second kappa shape index (κ2) is 7.44. The van der Waals surface area contributed by atoms with Crippen molar-refractivity contribution in [2.24, 2.45) is 5.16 Å². The molecule has 1 saturated heterocycles. The summed E-state index contributed by atoms with van der Waals surface area (Å²) in [5.41, 5.74) is 1.63. The van der Waals surface area contributed by atoms with Crippen molar-refractivity contribution >= 4 is 29.1 Å². The van der Waals surface area contributed by atoms with Gasteiger partial charge in [0.15, 0.2) is 5.76 Å². The van der Waals surface area contributed by atoms with Crippen LogP contribution in [0.25, 0.3) is 0 Å². The number of carbonyl (C=O) groups is 2. The standard InChI is InChI=1S/C19H18ClN3O4/c20-14-5-3-13(4-6-14)15-12-17(27-21-15)19(25)23-9-7-22(8-10-23)18(24)16-2-1-11-26-16/h1-6,11,17H,7-10,12H2/t17-/m0/s1. The Kier molecular flexibility index (Phi) is 4.85. The molecule has 140 valence electrons. The maximum Gasteiger partial charge on any atom is 0.289 e. The van der Waals surface area contributed by atoms with Gasteiger partial charge in [0.25, 0.3) is 11.8 Å². The van der Waals surface area contributed by atoms with Crippen molar-refractivity contribution in [3.63, 3.8) is 0 Å². The van der Waals surface area contributed by atoms with E-state index in [2.05, 4.69) is 5.16 Å². The summed E-state index contributed by atoms with van der Waals surface area (Å²) in [6.07, 6.45) is 1.28. The predicted molar refractivity (Wildman–Crippen MR) is 98.7 cm³/mol. The highest BCUT2D eigenvalue weighted by Crippen LogP contribution is 2.21. The van der Waals surface area contributed by atoms with Crippen molar-refractivity contribution in [1.29, 1.82) is 0 Å². The highest BCUT2D eigenvalue weighted by molar-refractivity contribution is 6.30. The lowest BCUT2D eigenvalue weighted by Crippen LogP contribution is -2.52. The molecule has 1 aromatic carbocycles. The fraction of sp³-hybridized carbons (Fsp3) is 0.316. The normalized spacial score (nSPS) is 19.6. The van der Waals surface area contributed by atoms with E-state index in [1.807, 2.05) is 12.1 Å². The summed E-state index contributed by atoms with van der Waals surface area (Å²) in [7, 11) is 0. The highest BCUT2D eigenvalue weighted by Gasteiger charge is 2.34. The zero-order chi connectivity index (χ0) is 18.8. The van der Waals surface area contributed by atoms with Crippen LogP contribution in [0.15, 0.2) is 52.2 Å². The van der Waals surface area contributed by atoms with Gasteiger partial charge in [-0.3, -0.25) is 9.59 Å². The van der Waals surface area contributed by atoms with E-state index >= 15 is 0 Å². The molecule has 0 saturated carbocycles. The molecular weight excluding hydrogens is 370 g/mol. The third-order valence-corrected chi connectivity index (χ3v) is 4.98. The van der Waals surface area contributed by atoms with Gasteiger partial charge >= 0.3 is 0 Å². The van der Waals surface area contributed by atoms with Gasteiger partial charge in [0.1, 0.15) is 0 Å². The van der Waals surface area contributed by atoms with Gasteiger partial charge < -0.3 is 19.1 Å². The Bertz CT molecular complexity index is 856. The SMILES string of the molecule is O=C(c1ccco1)N1CCN(C(=O)[C@@H]2CC(c3ccc(Cl)cc3)=NO2)CC1. The summed E-state index contributed by atoms with van der Waals surface area (Å²) in [5.74, 6) is 0.0558. The second-order valence-corrected chi connectivity index (χ2v) is 6.87. The molecule has 8 heteroatoms. The molecular formula is C19H18ClN3O4. The molecule has 4 rings (SSSR count). The fourth-order valence-corrected chi connectivity index (χ4v) is 3.34. The van der Waals surface area contributed by atoms with E-state index in [9.17, 15) is 9.59 Å². The van der Waals surface area contributed by atoms with Crippen LogP contribution in [0.5, 0.6) is 0 Å². The zero-order valence-corrected chi connectivity index (χ0v) is 15.3. The molecule has 1 aromatic heterocycles. The van der Waals surface area contributed by atoms with Crippen molar-refractivity contribution in [3.8, 4) is 0 Å². The molecule has 2 aliphatic rings. The van der Waals surface area contributed by atoms with Gasteiger partial charge in [0, 0.05) is 37.6 Å². The van der Waals surface area contributed by atoms with E-state index < -0.39 is 6.10 Å². The zero-order valence-electron chi connectivity index (χ0n) is 14.5. The van der Waals surface area contributed by atoms with E-state index in [0.717, 1.165) is 11.3 Å². The third kappa shape index (κ3) is 3.68. The van der Waals surface area contributed by atoms with Crippen LogP contribution in [0, 0.1) is 0 Å². The summed E-state index contributed by atoms with van der Waals surface area (Å²) in [6.45, 7) is 1.84. The number of piperazine rings is 1. The molecule has 2 aromatic rings. The lowest BCUT2D eigenvalue weighted by Gasteiger charge is -2.35. The number of carbonyl (C=O) groups excluding carboxylic acids is 2. The second-order valence-electron chi connectivity index (χ2n) is 6.44. The average molecular weight is 388 g/mol. The molecule has 7 nitrogen and oxygen atoms in total. The monoisotopic (exact) mass is 387 g/mol. The number of halogens is 1. The number of rotatable bonds is 3. The number of furan rings is 1.